The summed E-state index contributed by atoms with van der Waals surface area (Å²) < 4.78 is 15.7. The van der Waals surface area contributed by atoms with E-state index in [4.69, 9.17) is 13.3 Å². The summed E-state index contributed by atoms with van der Waals surface area (Å²) >= 11 is 0. The lowest BCUT2D eigenvalue weighted by Crippen LogP contribution is -2.27. The Morgan fingerprint density at radius 3 is 1.50 bits per heavy atom. The molecule has 1 radical (unpaired) electrons. The molecule has 0 unspecified atom stereocenters. The highest BCUT2D eigenvalue weighted by molar-refractivity contribution is 6.36. The molecule has 0 rings (SSSR count). The summed E-state index contributed by atoms with van der Waals surface area (Å²) in [7, 11) is -1.73. The Bertz CT molecular complexity index is 114. The van der Waals surface area contributed by atoms with Gasteiger partial charge in [0.2, 0.25) is 0 Å². The Morgan fingerprint density at radius 1 is 0.722 bits per heavy atom. The van der Waals surface area contributed by atoms with E-state index in [2.05, 4.69) is 13.8 Å². The van der Waals surface area contributed by atoms with Gasteiger partial charge in [-0.25, -0.2) is 0 Å². The highest BCUT2D eigenvalue weighted by atomic mass is 28.3. The average molecular weight is 278 g/mol. The van der Waals surface area contributed by atoms with Gasteiger partial charge in [0.05, 0.1) is 0 Å². The van der Waals surface area contributed by atoms with Crippen molar-refractivity contribution in [3.8, 4) is 0 Å². The zero-order chi connectivity index (χ0) is 14.1. The fraction of sp³-hybridized carbons (Fsp3) is 0.929. The van der Waals surface area contributed by atoms with Gasteiger partial charge in [0.15, 0.2) is 0 Å². The van der Waals surface area contributed by atoms with Crippen LogP contribution in [0.15, 0.2) is 0 Å². The molecule has 0 aromatic heterocycles. The van der Waals surface area contributed by atoms with Crippen LogP contribution in [0.4, 0.5) is 0 Å². The summed E-state index contributed by atoms with van der Waals surface area (Å²) in [6.45, 7) is 13.9. The Morgan fingerprint density at radius 2 is 1.17 bits per heavy atom. The van der Waals surface area contributed by atoms with Crippen molar-refractivity contribution >= 4 is 9.53 Å². The maximum absolute atomic E-state index is 5.22. The summed E-state index contributed by atoms with van der Waals surface area (Å²) in [6, 6.07) is 0. The largest absolute Gasteiger partial charge is 0.484 e. The van der Waals surface area contributed by atoms with Gasteiger partial charge in [-0.15, -0.1) is 0 Å². The lowest BCUT2D eigenvalue weighted by atomic mass is 10.1. The third kappa shape index (κ3) is 18.5. The van der Waals surface area contributed by atoms with Crippen molar-refractivity contribution in [2.24, 2.45) is 0 Å². The molecule has 0 amide bonds. The molecule has 0 bridgehead atoms. The van der Waals surface area contributed by atoms with Crippen LogP contribution < -0.4 is 0 Å². The molecule has 0 spiro atoms. The van der Waals surface area contributed by atoms with Crippen molar-refractivity contribution in [2.75, 3.05) is 19.8 Å². The summed E-state index contributed by atoms with van der Waals surface area (Å²) in [5.41, 5.74) is 0. The minimum atomic E-state index is -1.73. The van der Waals surface area contributed by atoms with E-state index >= 15 is 0 Å². The molecule has 0 saturated heterocycles. The van der Waals surface area contributed by atoms with Gasteiger partial charge in [-0.1, -0.05) is 52.4 Å². The average Bonchev–Trinajstić information content (AvgIpc) is 2.37. The molecule has 0 atom stereocenters. The zero-order valence-corrected chi connectivity index (χ0v) is 14.0. The van der Waals surface area contributed by atoms with Crippen molar-refractivity contribution in [3.63, 3.8) is 0 Å². The zero-order valence-electron chi connectivity index (χ0n) is 12.9. The lowest BCUT2D eigenvalue weighted by molar-refractivity contribution is 0.107. The van der Waals surface area contributed by atoms with Crippen LogP contribution in [-0.4, -0.2) is 29.3 Å². The van der Waals surface area contributed by atoms with Crippen LogP contribution in [0.5, 0.6) is 0 Å². The second-order valence-electron chi connectivity index (χ2n) is 3.92. The van der Waals surface area contributed by atoms with Gasteiger partial charge in [0, 0.05) is 19.8 Å². The van der Waals surface area contributed by atoms with Crippen molar-refractivity contribution in [2.45, 2.75) is 66.2 Å². The van der Waals surface area contributed by atoms with Crippen molar-refractivity contribution in [1.29, 1.82) is 0 Å². The first-order valence-corrected chi connectivity index (χ1v) is 8.82. The van der Waals surface area contributed by atoms with Crippen molar-refractivity contribution in [1.82, 2.24) is 0 Å². The summed E-state index contributed by atoms with van der Waals surface area (Å²) in [6.07, 6.45) is 7.98. The first-order valence-electron chi connectivity index (χ1n) is 7.40. The maximum Gasteiger partial charge on any atom is 0.484 e. The van der Waals surface area contributed by atoms with E-state index in [1.54, 1.807) is 0 Å². The number of hydrogen-bond acceptors (Lipinski definition) is 3. The van der Waals surface area contributed by atoms with Gasteiger partial charge in [-0.2, -0.15) is 0 Å². The Hall–Kier alpha value is 0.0969. The Balaban J connectivity index is 0. The molecule has 0 fully saturated rings. The summed E-state index contributed by atoms with van der Waals surface area (Å²) in [5, 5.41) is 0. The molecule has 0 aliphatic heterocycles. The van der Waals surface area contributed by atoms with E-state index < -0.39 is 9.53 Å². The molecule has 3 nitrogen and oxygen atoms in total. The van der Waals surface area contributed by atoms with Gasteiger partial charge < -0.3 is 13.3 Å². The minimum Gasteiger partial charge on any atom is -0.376 e. The molecular weight excluding hydrogens is 244 g/mol. The van der Waals surface area contributed by atoms with Crippen LogP contribution in [0.2, 0.25) is 0 Å². The molecule has 0 N–H and O–H groups in total. The van der Waals surface area contributed by atoms with E-state index in [0.29, 0.717) is 19.8 Å². The standard InChI is InChI=1S/C8H17.C6H16O3Si/c1-3-5-7-8-6-4-2;1-4-7-10(8-5-2)9-6-3/h1,3-8H2,2H3;10H,4-6H2,1-3H3. The van der Waals surface area contributed by atoms with Crippen LogP contribution in [-0.2, 0) is 13.3 Å². The van der Waals surface area contributed by atoms with Gasteiger partial charge >= 0.3 is 9.53 Å². The molecule has 0 aliphatic rings. The van der Waals surface area contributed by atoms with E-state index in [0.717, 1.165) is 6.42 Å². The summed E-state index contributed by atoms with van der Waals surface area (Å²) in [4.78, 5) is 0. The summed E-state index contributed by atoms with van der Waals surface area (Å²) in [5.74, 6) is 0. The van der Waals surface area contributed by atoms with E-state index in [1.807, 2.05) is 20.8 Å². The van der Waals surface area contributed by atoms with E-state index in [-0.39, 0.29) is 0 Å². The molecule has 0 aromatic carbocycles. The Kier molecular flexibility index (Phi) is 22.0. The molecule has 4 heteroatoms. The Labute approximate surface area is 116 Å². The predicted molar refractivity (Wildman–Crippen MR) is 80.8 cm³/mol. The normalized spacial score (nSPS) is 10.3. The van der Waals surface area contributed by atoms with Crippen LogP contribution in [0.3, 0.4) is 0 Å². The minimum absolute atomic E-state index is 0.677. The first-order chi connectivity index (χ1) is 8.76. The molecular formula is C14H33O3Si. The van der Waals surface area contributed by atoms with Crippen LogP contribution >= 0.6 is 0 Å². The maximum atomic E-state index is 5.22. The van der Waals surface area contributed by atoms with E-state index in [1.165, 1.54) is 32.1 Å². The fourth-order valence-corrected chi connectivity index (χ4v) is 2.44. The molecule has 0 heterocycles. The SMILES string of the molecule is CCO[SiH](OCC)OCC.[CH2]CCCCCCC. The molecule has 0 saturated carbocycles. The molecule has 0 aromatic rings. The second-order valence-corrected chi connectivity index (χ2v) is 5.50. The quantitative estimate of drug-likeness (QED) is 0.422. The molecule has 18 heavy (non-hydrogen) atoms. The highest BCUT2D eigenvalue weighted by Crippen LogP contribution is 2.03. The first kappa shape index (κ1) is 20.4. The smallest absolute Gasteiger partial charge is 0.376 e. The monoisotopic (exact) mass is 277 g/mol. The van der Waals surface area contributed by atoms with Crippen LogP contribution in [0.1, 0.15) is 66.2 Å². The fourth-order valence-electron chi connectivity index (χ4n) is 1.33. The topological polar surface area (TPSA) is 27.7 Å². The lowest BCUT2D eigenvalue weighted by Gasteiger charge is -2.12. The van der Waals surface area contributed by atoms with Gasteiger partial charge in [-0.05, 0) is 20.8 Å². The second kappa shape index (κ2) is 19.4. The number of hydrogen-bond donors (Lipinski definition) is 0. The molecule has 111 valence electrons. The van der Waals surface area contributed by atoms with Crippen molar-refractivity contribution in [3.05, 3.63) is 6.92 Å². The number of unbranched alkanes of at least 4 members (excludes halogenated alkanes) is 5. The van der Waals surface area contributed by atoms with Gasteiger partial charge in [-0.3, -0.25) is 0 Å². The highest BCUT2D eigenvalue weighted by Gasteiger charge is 2.11. The number of rotatable bonds is 11. The third-order valence-corrected chi connectivity index (χ3v) is 4.08. The van der Waals surface area contributed by atoms with Gasteiger partial charge in [0.1, 0.15) is 0 Å². The van der Waals surface area contributed by atoms with Gasteiger partial charge in [0.25, 0.3) is 0 Å². The van der Waals surface area contributed by atoms with E-state index in [9.17, 15) is 0 Å². The van der Waals surface area contributed by atoms with Crippen LogP contribution in [0.25, 0.3) is 0 Å². The van der Waals surface area contributed by atoms with Crippen LogP contribution in [0, 0.1) is 6.92 Å². The van der Waals surface area contributed by atoms with Crippen molar-refractivity contribution < 1.29 is 13.3 Å². The molecule has 0 aliphatic carbocycles. The third-order valence-electron chi connectivity index (χ3n) is 2.26. The predicted octanol–water partition coefficient (Wildman–Crippen LogP) is 3.99.